The van der Waals surface area contributed by atoms with Crippen molar-refractivity contribution in [1.82, 2.24) is 0 Å². The Morgan fingerprint density at radius 3 is 1.90 bits per heavy atom. The lowest BCUT2D eigenvalue weighted by molar-refractivity contribution is -0.140. The molecule has 20 heavy (non-hydrogen) atoms. The molecule has 1 rings (SSSR count). The van der Waals surface area contributed by atoms with Crippen molar-refractivity contribution in [2.45, 2.75) is 71.6 Å². The number of rotatable bonds is 7. The molecule has 4 nitrogen and oxygen atoms in total. The molecule has 1 fully saturated rings. The monoisotopic (exact) mass is 282 g/mol. The first kappa shape index (κ1) is 16.7. The third kappa shape index (κ3) is 3.62. The number of hydrogen-bond donors (Lipinski definition) is 2. The maximum Gasteiger partial charge on any atom is 0.343 e. The molecule has 0 atom stereocenters. The Labute approximate surface area is 120 Å². The van der Waals surface area contributed by atoms with Gasteiger partial charge in [0, 0.05) is 0 Å². The SMILES string of the molecule is CCCC(=C(C(=O)O)C(=O)O)C1(CCC)CCCCC1. The van der Waals surface area contributed by atoms with E-state index in [4.69, 9.17) is 0 Å². The van der Waals surface area contributed by atoms with Crippen molar-refractivity contribution >= 4 is 11.9 Å². The van der Waals surface area contributed by atoms with Crippen molar-refractivity contribution in [3.05, 3.63) is 11.1 Å². The van der Waals surface area contributed by atoms with E-state index in [9.17, 15) is 19.8 Å². The van der Waals surface area contributed by atoms with Gasteiger partial charge < -0.3 is 10.2 Å². The number of carbonyl (C=O) groups is 2. The first-order chi connectivity index (χ1) is 9.48. The summed E-state index contributed by atoms with van der Waals surface area (Å²) in [4.78, 5) is 22.8. The minimum Gasteiger partial charge on any atom is -0.477 e. The van der Waals surface area contributed by atoms with Crippen LogP contribution in [0.15, 0.2) is 11.1 Å². The molecule has 1 aliphatic rings. The van der Waals surface area contributed by atoms with Crippen LogP contribution in [-0.2, 0) is 9.59 Å². The van der Waals surface area contributed by atoms with Crippen LogP contribution >= 0.6 is 0 Å². The highest BCUT2D eigenvalue weighted by Crippen LogP contribution is 2.48. The highest BCUT2D eigenvalue weighted by molar-refractivity contribution is 6.13. The van der Waals surface area contributed by atoms with Crippen molar-refractivity contribution in [1.29, 1.82) is 0 Å². The normalized spacial score (nSPS) is 17.5. The van der Waals surface area contributed by atoms with Crippen LogP contribution in [0.2, 0.25) is 0 Å². The van der Waals surface area contributed by atoms with Crippen molar-refractivity contribution in [3.63, 3.8) is 0 Å². The fourth-order valence-electron chi connectivity index (χ4n) is 3.66. The van der Waals surface area contributed by atoms with E-state index in [-0.39, 0.29) is 11.0 Å². The quantitative estimate of drug-likeness (QED) is 0.420. The average molecular weight is 282 g/mol. The van der Waals surface area contributed by atoms with Gasteiger partial charge in [0.2, 0.25) is 0 Å². The van der Waals surface area contributed by atoms with E-state index >= 15 is 0 Å². The molecule has 0 aliphatic heterocycles. The van der Waals surface area contributed by atoms with Gasteiger partial charge >= 0.3 is 11.9 Å². The molecule has 4 heteroatoms. The fourth-order valence-corrected chi connectivity index (χ4v) is 3.66. The number of carboxylic acids is 2. The van der Waals surface area contributed by atoms with Gasteiger partial charge in [0.15, 0.2) is 0 Å². The Bertz CT molecular complexity index is 368. The van der Waals surface area contributed by atoms with Gasteiger partial charge in [0.1, 0.15) is 5.57 Å². The number of allylic oxidation sites excluding steroid dienone is 1. The van der Waals surface area contributed by atoms with Gasteiger partial charge in [0.05, 0.1) is 0 Å². The summed E-state index contributed by atoms with van der Waals surface area (Å²) in [6, 6.07) is 0. The highest BCUT2D eigenvalue weighted by atomic mass is 16.4. The largest absolute Gasteiger partial charge is 0.477 e. The van der Waals surface area contributed by atoms with E-state index in [1.54, 1.807) is 0 Å². The molecule has 0 heterocycles. The third-order valence-electron chi connectivity index (χ3n) is 4.41. The van der Waals surface area contributed by atoms with E-state index in [0.29, 0.717) is 12.0 Å². The molecule has 0 saturated heterocycles. The van der Waals surface area contributed by atoms with Crippen LogP contribution in [0.25, 0.3) is 0 Å². The molecule has 1 aliphatic carbocycles. The number of aliphatic carboxylic acids is 2. The molecule has 0 aromatic carbocycles. The van der Waals surface area contributed by atoms with E-state index in [2.05, 4.69) is 6.92 Å². The van der Waals surface area contributed by atoms with Gasteiger partial charge in [0.25, 0.3) is 0 Å². The Kier molecular flexibility index (Phi) is 6.24. The first-order valence-electron chi connectivity index (χ1n) is 7.68. The van der Waals surface area contributed by atoms with Gasteiger partial charge in [-0.05, 0) is 36.7 Å². The Hall–Kier alpha value is -1.32. The van der Waals surface area contributed by atoms with Crippen LogP contribution in [0.3, 0.4) is 0 Å². The highest BCUT2D eigenvalue weighted by Gasteiger charge is 2.39. The second-order valence-electron chi connectivity index (χ2n) is 5.80. The van der Waals surface area contributed by atoms with Gasteiger partial charge in [-0.15, -0.1) is 0 Å². The zero-order valence-corrected chi connectivity index (χ0v) is 12.6. The van der Waals surface area contributed by atoms with E-state index in [0.717, 1.165) is 44.9 Å². The second kappa shape index (κ2) is 7.46. The van der Waals surface area contributed by atoms with Crippen LogP contribution in [0.5, 0.6) is 0 Å². The maximum absolute atomic E-state index is 11.4. The Morgan fingerprint density at radius 2 is 1.50 bits per heavy atom. The molecule has 1 saturated carbocycles. The third-order valence-corrected chi connectivity index (χ3v) is 4.41. The molecule has 0 unspecified atom stereocenters. The molecule has 0 radical (unpaired) electrons. The minimum atomic E-state index is -1.29. The van der Waals surface area contributed by atoms with Crippen LogP contribution in [0.4, 0.5) is 0 Å². The zero-order chi connectivity index (χ0) is 15.2. The Morgan fingerprint density at radius 1 is 0.950 bits per heavy atom. The summed E-state index contributed by atoms with van der Waals surface area (Å²) < 4.78 is 0. The van der Waals surface area contributed by atoms with Gasteiger partial charge in [-0.25, -0.2) is 9.59 Å². The number of carboxylic acid groups (broad SMARTS) is 2. The summed E-state index contributed by atoms with van der Waals surface area (Å²) in [5.41, 5.74) is 0.110. The minimum absolute atomic E-state index is 0.199. The summed E-state index contributed by atoms with van der Waals surface area (Å²) in [6.45, 7) is 4.06. The summed E-state index contributed by atoms with van der Waals surface area (Å²) in [6.07, 6.45) is 8.38. The molecule has 114 valence electrons. The van der Waals surface area contributed by atoms with Crippen LogP contribution < -0.4 is 0 Å². The summed E-state index contributed by atoms with van der Waals surface area (Å²) in [7, 11) is 0. The standard InChI is InChI=1S/C16H26O4/c1-3-8-12(13(14(17)18)15(19)20)16(9-4-2)10-6-5-7-11-16/h3-11H2,1-2H3,(H,17,18)(H,19,20). The predicted molar refractivity (Wildman–Crippen MR) is 77.6 cm³/mol. The molecular weight excluding hydrogens is 256 g/mol. The van der Waals surface area contributed by atoms with Crippen molar-refractivity contribution in [3.8, 4) is 0 Å². The molecule has 0 aromatic rings. The molecule has 0 aromatic heterocycles. The lowest BCUT2D eigenvalue weighted by Crippen LogP contribution is -2.31. The molecule has 0 amide bonds. The van der Waals surface area contributed by atoms with Crippen molar-refractivity contribution < 1.29 is 19.8 Å². The van der Waals surface area contributed by atoms with Gasteiger partial charge in [-0.3, -0.25) is 0 Å². The zero-order valence-electron chi connectivity index (χ0n) is 12.6. The Balaban J connectivity index is 3.35. The van der Waals surface area contributed by atoms with E-state index in [1.807, 2.05) is 6.92 Å². The van der Waals surface area contributed by atoms with E-state index in [1.165, 1.54) is 6.42 Å². The van der Waals surface area contributed by atoms with Crippen molar-refractivity contribution in [2.24, 2.45) is 5.41 Å². The summed E-state index contributed by atoms with van der Waals surface area (Å²) in [5, 5.41) is 18.6. The van der Waals surface area contributed by atoms with Crippen molar-refractivity contribution in [2.75, 3.05) is 0 Å². The topological polar surface area (TPSA) is 74.6 Å². The molecule has 0 bridgehead atoms. The summed E-state index contributed by atoms with van der Waals surface area (Å²) >= 11 is 0. The first-order valence-corrected chi connectivity index (χ1v) is 7.68. The van der Waals surface area contributed by atoms with Crippen LogP contribution in [0, 0.1) is 5.41 Å². The lowest BCUT2D eigenvalue weighted by atomic mass is 9.64. The fraction of sp³-hybridized carbons (Fsp3) is 0.750. The second-order valence-corrected chi connectivity index (χ2v) is 5.80. The molecule has 2 N–H and O–H groups in total. The number of hydrogen-bond acceptors (Lipinski definition) is 2. The smallest absolute Gasteiger partial charge is 0.343 e. The van der Waals surface area contributed by atoms with Gasteiger partial charge in [-0.2, -0.15) is 0 Å². The summed E-state index contributed by atoms with van der Waals surface area (Å²) in [5.74, 6) is -2.58. The van der Waals surface area contributed by atoms with Gasteiger partial charge in [-0.1, -0.05) is 46.0 Å². The van der Waals surface area contributed by atoms with E-state index < -0.39 is 11.9 Å². The van der Waals surface area contributed by atoms with Crippen LogP contribution in [0.1, 0.15) is 71.6 Å². The van der Waals surface area contributed by atoms with Crippen LogP contribution in [-0.4, -0.2) is 22.2 Å². The lowest BCUT2D eigenvalue weighted by Gasteiger charge is -2.40. The predicted octanol–water partition coefficient (Wildman–Crippen LogP) is 4.00. The molecular formula is C16H26O4. The maximum atomic E-state index is 11.4. The molecule has 0 spiro atoms. The average Bonchev–Trinajstić information content (AvgIpc) is 2.38.